The van der Waals surface area contributed by atoms with Crippen LogP contribution in [0.4, 0.5) is 0 Å². The van der Waals surface area contributed by atoms with E-state index in [0.29, 0.717) is 0 Å². The van der Waals surface area contributed by atoms with Crippen LogP contribution in [0.25, 0.3) is 12.2 Å². The van der Waals surface area contributed by atoms with E-state index in [-0.39, 0.29) is 13.0 Å². The summed E-state index contributed by atoms with van der Waals surface area (Å²) in [5.41, 5.74) is 4.39. The molecule has 0 saturated heterocycles. The number of allylic oxidation sites excluding steroid dienone is 2. The van der Waals surface area contributed by atoms with Crippen molar-refractivity contribution in [2.45, 2.75) is 7.25 Å². The number of hydrogen-bond acceptors (Lipinski definition) is 2. The van der Waals surface area contributed by atoms with Crippen LogP contribution in [0.5, 0.6) is 0 Å². The van der Waals surface area contributed by atoms with Gasteiger partial charge in [0.25, 0.3) is 0 Å². The van der Waals surface area contributed by atoms with Crippen LogP contribution in [0.15, 0.2) is 60.7 Å². The first-order chi connectivity index (χ1) is 12.7. The van der Waals surface area contributed by atoms with Crippen LogP contribution in [0.1, 0.15) is 29.5 Å². The second kappa shape index (κ2) is 6.63. The molecule has 140 valence electrons. The summed E-state index contributed by atoms with van der Waals surface area (Å²) in [6.45, 7) is 0. The molecule has 2 aromatic rings. The quantitative estimate of drug-likeness (QED) is 0.568. The molecule has 0 N–H and O–H groups in total. The molecular formula is C21H20Cl2O2SZr. The molecule has 6 heteroatoms. The van der Waals surface area contributed by atoms with Gasteiger partial charge in [-0.15, -0.1) is 0 Å². The monoisotopic (exact) mass is 496 g/mol. The van der Waals surface area contributed by atoms with Crippen molar-refractivity contribution in [1.82, 2.24) is 0 Å². The molecule has 2 atom stereocenters. The minimum absolute atomic E-state index is 0.107. The molecule has 0 aliphatic heterocycles. The molecular weight excluding hydrogens is 478 g/mol. The van der Waals surface area contributed by atoms with Crippen molar-refractivity contribution in [3.8, 4) is 0 Å². The molecule has 0 aromatic heterocycles. The Balaban J connectivity index is 1.96. The molecule has 27 heavy (non-hydrogen) atoms. The van der Waals surface area contributed by atoms with E-state index in [9.17, 15) is 8.42 Å². The van der Waals surface area contributed by atoms with Crippen LogP contribution >= 0.6 is 17.0 Å². The van der Waals surface area contributed by atoms with Gasteiger partial charge in [-0.25, -0.2) is 0 Å². The average molecular weight is 499 g/mol. The number of fused-ring (bicyclic) bond motifs is 2. The number of benzene rings is 2. The summed E-state index contributed by atoms with van der Waals surface area (Å²) in [5, 5.41) is 0. The van der Waals surface area contributed by atoms with Gasteiger partial charge in [-0.2, -0.15) is 0 Å². The van der Waals surface area contributed by atoms with Gasteiger partial charge in [0.15, 0.2) is 0 Å². The van der Waals surface area contributed by atoms with Crippen molar-refractivity contribution < 1.29 is 24.3 Å². The molecule has 2 aromatic carbocycles. The Morgan fingerprint density at radius 2 is 1.33 bits per heavy atom. The van der Waals surface area contributed by atoms with Gasteiger partial charge < -0.3 is 0 Å². The zero-order valence-electron chi connectivity index (χ0n) is 14.8. The molecule has 0 radical (unpaired) electrons. The Morgan fingerprint density at radius 3 is 1.78 bits per heavy atom. The second-order valence-electron chi connectivity index (χ2n) is 7.45. The van der Waals surface area contributed by atoms with Crippen molar-refractivity contribution >= 4 is 42.7 Å². The first-order valence-electron chi connectivity index (χ1n) is 8.83. The van der Waals surface area contributed by atoms with E-state index >= 15 is 0 Å². The topological polar surface area (TPSA) is 34.1 Å². The summed E-state index contributed by atoms with van der Waals surface area (Å²) in [6.07, 6.45) is 9.48. The molecule has 0 amide bonds. The molecule has 2 aliphatic carbocycles. The Bertz CT molecular complexity index is 1090. The third kappa shape index (κ3) is 3.40. The van der Waals surface area contributed by atoms with Gasteiger partial charge in [-0.1, -0.05) is 0 Å². The van der Waals surface area contributed by atoms with Crippen LogP contribution in [0.3, 0.4) is 0 Å². The summed E-state index contributed by atoms with van der Waals surface area (Å²) in [6, 6.07) is 16.1. The Hall–Kier alpha value is -0.797. The van der Waals surface area contributed by atoms with E-state index in [1.807, 2.05) is 36.4 Å². The fraction of sp³-hybridized carbons (Fsp3) is 0.190. The van der Waals surface area contributed by atoms with Crippen molar-refractivity contribution in [3.63, 3.8) is 0 Å². The maximum absolute atomic E-state index is 12.0. The first kappa shape index (κ1) is 19.5. The van der Waals surface area contributed by atoms with Gasteiger partial charge in [-0.3, -0.25) is 0 Å². The number of halogens is 2. The molecule has 2 aliphatic rings. The second-order valence-corrected chi connectivity index (χ2v) is 30.9. The fourth-order valence-electron chi connectivity index (χ4n) is 4.22. The predicted molar refractivity (Wildman–Crippen MR) is 114 cm³/mol. The van der Waals surface area contributed by atoms with E-state index in [4.69, 9.17) is 17.0 Å². The van der Waals surface area contributed by atoms with Gasteiger partial charge in [0.2, 0.25) is 0 Å². The van der Waals surface area contributed by atoms with Gasteiger partial charge in [0.05, 0.1) is 0 Å². The van der Waals surface area contributed by atoms with Gasteiger partial charge in [-0.05, 0) is 0 Å². The van der Waals surface area contributed by atoms with E-state index in [2.05, 4.69) is 36.4 Å². The van der Waals surface area contributed by atoms with Crippen LogP contribution in [-0.2, 0) is 25.7 Å². The summed E-state index contributed by atoms with van der Waals surface area (Å²) in [7, 11) is 11.8. The van der Waals surface area contributed by atoms with Crippen molar-refractivity contribution in [3.05, 3.63) is 82.9 Å². The number of rotatable bonds is 4. The van der Waals surface area contributed by atoms with Gasteiger partial charge in [0, 0.05) is 0 Å². The van der Waals surface area contributed by atoms with Gasteiger partial charge in [0.1, 0.15) is 0 Å². The fourth-order valence-corrected chi connectivity index (χ4v) is 24.9. The SMILES string of the molecule is CS(=O)(=O)C[CH]=[Zr]([Cl])([Cl])([CH]1C=Cc2ccccc21)[CH]1C=Cc2ccccc21. The minimum atomic E-state index is -4.87. The van der Waals surface area contributed by atoms with E-state index in [1.54, 1.807) is 3.71 Å². The van der Waals surface area contributed by atoms with Crippen molar-refractivity contribution in [2.75, 3.05) is 12.0 Å². The molecule has 2 unspecified atom stereocenters. The average Bonchev–Trinajstić information content (AvgIpc) is 3.25. The molecule has 4 rings (SSSR count). The summed E-state index contributed by atoms with van der Waals surface area (Å²) in [4.78, 5) is 0. The third-order valence-electron chi connectivity index (χ3n) is 5.56. The van der Waals surface area contributed by atoms with Crippen LogP contribution in [0.2, 0.25) is 0 Å². The van der Waals surface area contributed by atoms with E-state index in [1.165, 1.54) is 6.26 Å². The summed E-state index contributed by atoms with van der Waals surface area (Å²) in [5.74, 6) is -0.107. The van der Waals surface area contributed by atoms with Crippen LogP contribution in [0, 0.1) is 0 Å². The third-order valence-corrected chi connectivity index (χ3v) is 25.2. The molecule has 0 fully saturated rings. The Morgan fingerprint density at radius 1 is 0.889 bits per heavy atom. The predicted octanol–water partition coefficient (Wildman–Crippen LogP) is 5.37. The normalized spacial score (nSPS) is 21.2. The summed E-state index contributed by atoms with van der Waals surface area (Å²) >= 11 is -4.87. The first-order valence-corrected chi connectivity index (χ1v) is 21.5. The van der Waals surface area contributed by atoms with Crippen molar-refractivity contribution in [1.29, 1.82) is 0 Å². The zero-order chi connectivity index (χ0) is 19.3. The standard InChI is InChI=1S/2C9H7.C3H6O2S.2ClH.Zr/c2*1-2-5-9-7-3-6-8(9)4-1;1-3-6(2,4)5;;;/h2*1-7H;1H,3H2,2H3;2*1H;/q;;;;;+2/p-2. The number of hydrogen-bond donors (Lipinski definition) is 0. The Kier molecular flexibility index (Phi) is 4.79. The Labute approximate surface area is 168 Å². The van der Waals surface area contributed by atoms with Crippen molar-refractivity contribution in [2.24, 2.45) is 0 Å². The van der Waals surface area contributed by atoms with Gasteiger partial charge >= 0.3 is 169 Å². The molecule has 0 saturated carbocycles. The molecule has 0 heterocycles. The molecule has 0 spiro atoms. The van der Waals surface area contributed by atoms with Crippen LogP contribution < -0.4 is 0 Å². The molecule has 0 bridgehead atoms. The number of sulfone groups is 1. The van der Waals surface area contributed by atoms with E-state index in [0.717, 1.165) is 22.3 Å². The zero-order valence-corrected chi connectivity index (χ0v) is 19.6. The molecule has 2 nitrogen and oxygen atoms in total. The van der Waals surface area contributed by atoms with Crippen LogP contribution in [-0.4, -0.2) is 24.1 Å². The summed E-state index contributed by atoms with van der Waals surface area (Å²) < 4.78 is 25.4. The maximum atomic E-state index is 12.0. The van der Waals surface area contributed by atoms with E-state index < -0.39 is 25.7 Å².